The summed E-state index contributed by atoms with van der Waals surface area (Å²) >= 11 is 0. The average molecular weight is 253 g/mol. The van der Waals surface area contributed by atoms with Gasteiger partial charge in [-0.25, -0.2) is 9.97 Å². The fourth-order valence-electron chi connectivity index (χ4n) is 1.50. The van der Waals surface area contributed by atoms with Crippen LogP contribution in [0.4, 0.5) is 11.6 Å². The summed E-state index contributed by atoms with van der Waals surface area (Å²) in [6, 6.07) is 0. The van der Waals surface area contributed by atoms with E-state index in [1.807, 2.05) is 11.9 Å². The maximum atomic E-state index is 11.2. The molecule has 0 radical (unpaired) electrons. The molecule has 1 aromatic heterocycles. The first-order chi connectivity index (χ1) is 8.63. The highest BCUT2D eigenvalue weighted by Crippen LogP contribution is 2.30. The third kappa shape index (κ3) is 3.22. The van der Waals surface area contributed by atoms with Crippen LogP contribution < -0.4 is 20.3 Å². The van der Waals surface area contributed by atoms with Crippen LogP contribution >= 0.6 is 0 Å². The van der Waals surface area contributed by atoms with Crippen LogP contribution in [-0.4, -0.2) is 50.7 Å². The number of nitrogens with zero attached hydrogens (tertiary/aromatic N) is 3. The summed E-state index contributed by atoms with van der Waals surface area (Å²) in [5.41, 5.74) is 0. The van der Waals surface area contributed by atoms with Crippen molar-refractivity contribution in [2.45, 2.75) is 6.42 Å². The van der Waals surface area contributed by atoms with Crippen LogP contribution in [-0.2, 0) is 4.79 Å². The van der Waals surface area contributed by atoms with E-state index in [1.165, 1.54) is 6.33 Å². The number of aromatic nitrogens is 2. The lowest BCUT2D eigenvalue weighted by atomic mass is 10.3. The molecular formula is C11H19N5O2. The van der Waals surface area contributed by atoms with E-state index in [1.54, 1.807) is 21.2 Å². The fourth-order valence-corrected chi connectivity index (χ4v) is 1.50. The highest BCUT2D eigenvalue weighted by molar-refractivity contribution is 5.76. The molecule has 0 fully saturated rings. The Hall–Kier alpha value is -2.05. The summed E-state index contributed by atoms with van der Waals surface area (Å²) < 4.78 is 5.29. The van der Waals surface area contributed by atoms with Gasteiger partial charge >= 0.3 is 0 Å². The number of amides is 1. The van der Waals surface area contributed by atoms with E-state index in [0.717, 1.165) is 0 Å². The quantitative estimate of drug-likeness (QED) is 0.748. The van der Waals surface area contributed by atoms with Gasteiger partial charge < -0.3 is 20.3 Å². The number of methoxy groups -OCH3 is 1. The second kappa shape index (κ2) is 6.63. The molecule has 0 aliphatic carbocycles. The van der Waals surface area contributed by atoms with E-state index < -0.39 is 0 Å². The van der Waals surface area contributed by atoms with Gasteiger partial charge in [-0.3, -0.25) is 4.79 Å². The van der Waals surface area contributed by atoms with Gasteiger partial charge in [0.25, 0.3) is 0 Å². The number of ether oxygens (including phenoxy) is 1. The minimum Gasteiger partial charge on any atom is -0.490 e. The van der Waals surface area contributed by atoms with Gasteiger partial charge in [0.05, 0.1) is 7.11 Å². The Kier molecular flexibility index (Phi) is 5.16. The summed E-state index contributed by atoms with van der Waals surface area (Å²) in [6.07, 6.45) is 1.86. The van der Waals surface area contributed by atoms with Gasteiger partial charge in [-0.15, -0.1) is 0 Å². The number of rotatable bonds is 6. The van der Waals surface area contributed by atoms with Crippen LogP contribution in [0, 0.1) is 0 Å². The Morgan fingerprint density at radius 1 is 1.44 bits per heavy atom. The summed E-state index contributed by atoms with van der Waals surface area (Å²) in [5.74, 6) is 1.83. The Morgan fingerprint density at radius 3 is 2.72 bits per heavy atom. The average Bonchev–Trinajstić information content (AvgIpc) is 2.42. The molecule has 0 aliphatic rings. The first-order valence-electron chi connectivity index (χ1n) is 5.62. The van der Waals surface area contributed by atoms with Crippen molar-refractivity contribution in [1.29, 1.82) is 0 Å². The minimum atomic E-state index is -0.0105. The third-order valence-corrected chi connectivity index (χ3v) is 2.54. The Labute approximate surface area is 107 Å². The molecule has 1 aromatic rings. The largest absolute Gasteiger partial charge is 0.490 e. The zero-order valence-electron chi connectivity index (χ0n) is 11.1. The maximum absolute atomic E-state index is 11.2. The monoisotopic (exact) mass is 253 g/mol. The summed E-state index contributed by atoms with van der Waals surface area (Å²) in [5, 5.41) is 5.52. The van der Waals surface area contributed by atoms with Crippen molar-refractivity contribution in [2.75, 3.05) is 45.0 Å². The van der Waals surface area contributed by atoms with E-state index in [4.69, 9.17) is 4.74 Å². The molecule has 0 bridgehead atoms. The Balaban J connectivity index is 2.84. The molecule has 7 heteroatoms. The second-order valence-corrected chi connectivity index (χ2v) is 3.67. The van der Waals surface area contributed by atoms with Crippen molar-refractivity contribution in [2.24, 2.45) is 0 Å². The molecule has 0 aliphatic heterocycles. The Bertz CT molecular complexity index is 410. The molecule has 0 spiro atoms. The molecule has 7 nitrogen and oxygen atoms in total. The SMILES string of the molecule is CNC(=O)CCN(C)c1ncnc(NC)c1OC. The number of carbonyl (C=O) groups is 1. The zero-order valence-corrected chi connectivity index (χ0v) is 11.1. The van der Waals surface area contributed by atoms with Crippen LogP contribution in [0.25, 0.3) is 0 Å². The van der Waals surface area contributed by atoms with Crippen molar-refractivity contribution in [3.05, 3.63) is 6.33 Å². The number of anilines is 2. The summed E-state index contributed by atoms with van der Waals surface area (Å²) in [6.45, 7) is 0.552. The first kappa shape index (κ1) is 14.0. The molecular weight excluding hydrogens is 234 g/mol. The maximum Gasteiger partial charge on any atom is 0.221 e. The van der Waals surface area contributed by atoms with Crippen LogP contribution in [0.2, 0.25) is 0 Å². The fraction of sp³-hybridized carbons (Fsp3) is 0.545. The van der Waals surface area contributed by atoms with Gasteiger partial charge in [-0.05, 0) is 0 Å². The molecule has 100 valence electrons. The van der Waals surface area contributed by atoms with Crippen molar-refractivity contribution in [3.63, 3.8) is 0 Å². The highest BCUT2D eigenvalue weighted by Gasteiger charge is 2.15. The van der Waals surface area contributed by atoms with Gasteiger partial charge in [0.1, 0.15) is 6.33 Å². The van der Waals surface area contributed by atoms with E-state index in [0.29, 0.717) is 30.4 Å². The predicted octanol–water partition coefficient (Wildman–Crippen LogP) is 0.0992. The third-order valence-electron chi connectivity index (χ3n) is 2.54. The molecule has 0 saturated heterocycles. The van der Waals surface area contributed by atoms with Gasteiger partial charge in [-0.2, -0.15) is 0 Å². The van der Waals surface area contributed by atoms with Gasteiger partial charge in [0.15, 0.2) is 11.6 Å². The van der Waals surface area contributed by atoms with Crippen molar-refractivity contribution in [3.8, 4) is 5.75 Å². The van der Waals surface area contributed by atoms with E-state index in [2.05, 4.69) is 20.6 Å². The zero-order chi connectivity index (χ0) is 13.5. The minimum absolute atomic E-state index is 0.0105. The van der Waals surface area contributed by atoms with Crippen molar-refractivity contribution < 1.29 is 9.53 Å². The number of nitrogens with one attached hydrogen (secondary N) is 2. The second-order valence-electron chi connectivity index (χ2n) is 3.67. The summed E-state index contributed by atoms with van der Waals surface area (Å²) in [4.78, 5) is 21.3. The predicted molar refractivity (Wildman–Crippen MR) is 70.1 cm³/mol. The molecule has 18 heavy (non-hydrogen) atoms. The topological polar surface area (TPSA) is 79.4 Å². The van der Waals surface area contributed by atoms with Crippen molar-refractivity contribution >= 4 is 17.5 Å². The van der Waals surface area contributed by atoms with Gasteiger partial charge in [0.2, 0.25) is 11.7 Å². The molecule has 0 unspecified atom stereocenters. The standard InChI is InChI=1S/C11H19N5O2/c1-12-8(17)5-6-16(3)11-9(18-4)10(13-2)14-7-15-11/h7H,5-6H2,1-4H3,(H,12,17)(H,13,14,15). The molecule has 1 rings (SSSR count). The highest BCUT2D eigenvalue weighted by atomic mass is 16.5. The van der Waals surface area contributed by atoms with E-state index in [9.17, 15) is 4.79 Å². The lowest BCUT2D eigenvalue weighted by molar-refractivity contribution is -0.120. The van der Waals surface area contributed by atoms with Gasteiger partial charge in [0, 0.05) is 34.1 Å². The molecule has 1 heterocycles. The lowest BCUT2D eigenvalue weighted by Crippen LogP contribution is -2.27. The number of carbonyl (C=O) groups excluding carboxylic acids is 1. The smallest absolute Gasteiger partial charge is 0.221 e. The molecule has 0 saturated carbocycles. The number of hydrogen-bond acceptors (Lipinski definition) is 6. The van der Waals surface area contributed by atoms with Crippen LogP contribution in [0.15, 0.2) is 6.33 Å². The van der Waals surface area contributed by atoms with E-state index in [-0.39, 0.29) is 5.91 Å². The molecule has 1 amide bonds. The molecule has 0 atom stereocenters. The van der Waals surface area contributed by atoms with Crippen LogP contribution in [0.5, 0.6) is 5.75 Å². The summed E-state index contributed by atoms with van der Waals surface area (Å²) in [7, 11) is 6.80. The molecule has 0 aromatic carbocycles. The van der Waals surface area contributed by atoms with Crippen LogP contribution in [0.1, 0.15) is 6.42 Å². The first-order valence-corrected chi connectivity index (χ1v) is 5.62. The number of hydrogen-bond donors (Lipinski definition) is 2. The van der Waals surface area contributed by atoms with Gasteiger partial charge in [-0.1, -0.05) is 0 Å². The Morgan fingerprint density at radius 2 is 2.17 bits per heavy atom. The van der Waals surface area contributed by atoms with Crippen molar-refractivity contribution in [1.82, 2.24) is 15.3 Å². The molecule has 2 N–H and O–H groups in total. The van der Waals surface area contributed by atoms with Crippen LogP contribution in [0.3, 0.4) is 0 Å². The normalized spacial score (nSPS) is 9.78. The van der Waals surface area contributed by atoms with E-state index >= 15 is 0 Å². The lowest BCUT2D eigenvalue weighted by Gasteiger charge is -2.20.